The Labute approximate surface area is 162 Å². The van der Waals surface area contributed by atoms with Gasteiger partial charge < -0.3 is 9.64 Å². The molecule has 0 aliphatic carbocycles. The second kappa shape index (κ2) is 7.13. The maximum Gasteiger partial charge on any atom is 0.267 e. The maximum absolute atomic E-state index is 13.1. The molecule has 1 aromatic carbocycles. The zero-order chi connectivity index (χ0) is 18.3. The van der Waals surface area contributed by atoms with Crippen LogP contribution in [0.4, 0.5) is 5.69 Å². The number of ether oxygens (including phenoxy) is 1. The van der Waals surface area contributed by atoms with Gasteiger partial charge in [0, 0.05) is 18.7 Å². The lowest BCUT2D eigenvalue weighted by molar-refractivity contribution is -0.123. The number of carbonyl (C=O) groups excluding carboxylic acids is 2. The number of para-hydroxylation sites is 1. The molecule has 136 valence electrons. The van der Waals surface area contributed by atoms with Gasteiger partial charge >= 0.3 is 0 Å². The summed E-state index contributed by atoms with van der Waals surface area (Å²) in [4.78, 5) is 29.9. The second-order valence-corrected chi connectivity index (χ2v) is 8.24. The van der Waals surface area contributed by atoms with E-state index in [2.05, 4.69) is 0 Å². The molecule has 0 spiro atoms. The Morgan fingerprint density at radius 1 is 1.23 bits per heavy atom. The molecule has 5 nitrogen and oxygen atoms in total. The van der Waals surface area contributed by atoms with Crippen LogP contribution in [0.3, 0.4) is 0 Å². The van der Waals surface area contributed by atoms with Crippen LogP contribution in [0.2, 0.25) is 0 Å². The van der Waals surface area contributed by atoms with Gasteiger partial charge in [0.05, 0.1) is 28.8 Å². The number of benzene rings is 1. The Hall–Kier alpha value is -1.70. The topological polar surface area (TPSA) is 49.9 Å². The molecule has 3 aliphatic heterocycles. The van der Waals surface area contributed by atoms with Gasteiger partial charge in [-0.15, -0.1) is 0 Å². The molecule has 0 bridgehead atoms. The highest BCUT2D eigenvalue weighted by molar-refractivity contribution is 8.26. The lowest BCUT2D eigenvalue weighted by Gasteiger charge is -2.18. The molecule has 1 atom stereocenters. The number of fused-ring (bicyclic) bond motifs is 1. The van der Waals surface area contributed by atoms with Crippen molar-refractivity contribution >= 4 is 51.4 Å². The summed E-state index contributed by atoms with van der Waals surface area (Å²) in [6.07, 6.45) is 2.84. The van der Waals surface area contributed by atoms with Gasteiger partial charge in [-0.3, -0.25) is 14.5 Å². The van der Waals surface area contributed by atoms with Gasteiger partial charge in [-0.05, 0) is 25.3 Å². The summed E-state index contributed by atoms with van der Waals surface area (Å²) in [6, 6.07) is 7.66. The van der Waals surface area contributed by atoms with Crippen molar-refractivity contribution in [3.8, 4) is 0 Å². The van der Waals surface area contributed by atoms with Crippen molar-refractivity contribution in [1.29, 1.82) is 0 Å². The van der Waals surface area contributed by atoms with Crippen LogP contribution in [-0.2, 0) is 14.3 Å². The summed E-state index contributed by atoms with van der Waals surface area (Å²) in [5.41, 5.74) is 2.18. The highest BCUT2D eigenvalue weighted by Gasteiger charge is 2.42. The van der Waals surface area contributed by atoms with Crippen molar-refractivity contribution in [3.63, 3.8) is 0 Å². The van der Waals surface area contributed by atoms with E-state index < -0.39 is 0 Å². The first kappa shape index (κ1) is 17.7. The number of rotatable bonds is 4. The molecule has 2 amide bonds. The minimum atomic E-state index is -0.174. The SMILES string of the molecule is CCCN1C(=O)/C(=C2\SC(=S)N(C[C@@H]3CCCO3)C2=O)c2ccccc21. The molecular formula is C19H20N2O3S2. The van der Waals surface area contributed by atoms with Crippen LogP contribution >= 0.6 is 24.0 Å². The molecule has 0 saturated carbocycles. The fraction of sp³-hybridized carbons (Fsp3) is 0.421. The zero-order valence-electron chi connectivity index (χ0n) is 14.6. The van der Waals surface area contributed by atoms with Gasteiger partial charge in [-0.25, -0.2) is 0 Å². The molecule has 7 heteroatoms. The van der Waals surface area contributed by atoms with Crippen molar-refractivity contribution in [1.82, 2.24) is 4.90 Å². The van der Waals surface area contributed by atoms with Crippen molar-refractivity contribution in [2.24, 2.45) is 0 Å². The number of hydrogen-bond donors (Lipinski definition) is 0. The summed E-state index contributed by atoms with van der Waals surface area (Å²) in [6.45, 7) is 3.87. The number of carbonyl (C=O) groups is 2. The summed E-state index contributed by atoms with van der Waals surface area (Å²) in [5, 5.41) is 0. The zero-order valence-corrected chi connectivity index (χ0v) is 16.2. The molecule has 1 aromatic rings. The number of nitrogens with zero attached hydrogens (tertiary/aromatic N) is 2. The van der Waals surface area contributed by atoms with E-state index in [1.807, 2.05) is 31.2 Å². The third-order valence-electron chi connectivity index (χ3n) is 4.86. The van der Waals surface area contributed by atoms with Gasteiger partial charge in [-0.1, -0.05) is 49.1 Å². The van der Waals surface area contributed by atoms with E-state index in [-0.39, 0.29) is 17.9 Å². The highest BCUT2D eigenvalue weighted by Crippen LogP contribution is 2.44. The first-order valence-corrected chi connectivity index (χ1v) is 10.1. The molecule has 4 rings (SSSR count). The van der Waals surface area contributed by atoms with Crippen LogP contribution < -0.4 is 4.90 Å². The van der Waals surface area contributed by atoms with E-state index in [0.717, 1.165) is 37.1 Å². The fourth-order valence-corrected chi connectivity index (χ4v) is 4.99. The maximum atomic E-state index is 13.1. The van der Waals surface area contributed by atoms with Crippen LogP contribution in [0.1, 0.15) is 31.7 Å². The number of thioether (sulfide) groups is 1. The van der Waals surface area contributed by atoms with E-state index in [4.69, 9.17) is 17.0 Å². The van der Waals surface area contributed by atoms with Gasteiger partial charge in [0.15, 0.2) is 0 Å². The van der Waals surface area contributed by atoms with E-state index >= 15 is 0 Å². The fourth-order valence-electron chi connectivity index (χ4n) is 3.64. The average Bonchev–Trinajstić information content (AvgIpc) is 3.31. The van der Waals surface area contributed by atoms with Crippen LogP contribution in [-0.4, -0.2) is 46.8 Å². The minimum absolute atomic E-state index is 0.0324. The molecule has 0 aromatic heterocycles. The third-order valence-corrected chi connectivity index (χ3v) is 6.31. The molecular weight excluding hydrogens is 368 g/mol. The van der Waals surface area contributed by atoms with Crippen LogP contribution in [0.15, 0.2) is 29.2 Å². The van der Waals surface area contributed by atoms with Crippen molar-refractivity contribution in [2.45, 2.75) is 32.3 Å². The molecule has 3 heterocycles. The van der Waals surface area contributed by atoms with Crippen molar-refractivity contribution < 1.29 is 14.3 Å². The summed E-state index contributed by atoms with van der Waals surface area (Å²) < 4.78 is 6.15. The monoisotopic (exact) mass is 388 g/mol. The predicted molar refractivity (Wildman–Crippen MR) is 107 cm³/mol. The Kier molecular flexibility index (Phi) is 4.86. The Morgan fingerprint density at radius 3 is 2.77 bits per heavy atom. The van der Waals surface area contributed by atoms with Gasteiger partial charge in [0.2, 0.25) is 0 Å². The van der Waals surface area contributed by atoms with E-state index in [0.29, 0.717) is 27.9 Å². The standard InChI is InChI=1S/C19H20N2O3S2/c1-2-9-20-14-8-4-3-7-13(14)15(17(20)22)16-18(23)21(19(25)26-16)11-12-6-5-10-24-12/h3-4,7-8,12H,2,5-6,9-11H2,1H3/b16-15-/t12-/m0/s1. The van der Waals surface area contributed by atoms with Gasteiger partial charge in [0.25, 0.3) is 11.8 Å². The molecule has 0 unspecified atom stereocenters. The molecule has 26 heavy (non-hydrogen) atoms. The number of amides is 2. The molecule has 0 radical (unpaired) electrons. The number of anilines is 1. The van der Waals surface area contributed by atoms with E-state index in [1.165, 1.54) is 11.8 Å². The summed E-state index contributed by atoms with van der Waals surface area (Å²) in [5.74, 6) is -0.280. The van der Waals surface area contributed by atoms with Gasteiger partial charge in [0.1, 0.15) is 4.32 Å². The smallest absolute Gasteiger partial charge is 0.267 e. The largest absolute Gasteiger partial charge is 0.376 e. The normalized spacial score (nSPS) is 25.6. The van der Waals surface area contributed by atoms with Crippen molar-refractivity contribution in [2.75, 3.05) is 24.6 Å². The summed E-state index contributed by atoms with van der Waals surface area (Å²) in [7, 11) is 0. The summed E-state index contributed by atoms with van der Waals surface area (Å²) >= 11 is 6.67. The number of thiocarbonyl (C=S) groups is 1. The molecule has 2 fully saturated rings. The quantitative estimate of drug-likeness (QED) is 0.586. The van der Waals surface area contributed by atoms with Crippen LogP contribution in [0.5, 0.6) is 0 Å². The van der Waals surface area contributed by atoms with Gasteiger partial charge in [-0.2, -0.15) is 0 Å². The van der Waals surface area contributed by atoms with Crippen LogP contribution in [0.25, 0.3) is 5.57 Å². The average molecular weight is 389 g/mol. The lowest BCUT2D eigenvalue weighted by Crippen LogP contribution is -2.35. The van der Waals surface area contributed by atoms with Crippen molar-refractivity contribution in [3.05, 3.63) is 34.7 Å². The first-order valence-electron chi connectivity index (χ1n) is 8.92. The van der Waals surface area contributed by atoms with Crippen LogP contribution in [0, 0.1) is 0 Å². The highest BCUT2D eigenvalue weighted by atomic mass is 32.2. The number of hydrogen-bond acceptors (Lipinski definition) is 5. The molecule has 3 aliphatic rings. The van der Waals surface area contributed by atoms with E-state index in [9.17, 15) is 9.59 Å². The Bertz CT molecular complexity index is 815. The van der Waals surface area contributed by atoms with E-state index in [1.54, 1.807) is 9.80 Å². The lowest BCUT2D eigenvalue weighted by atomic mass is 10.1. The Morgan fingerprint density at radius 2 is 2.04 bits per heavy atom. The second-order valence-electron chi connectivity index (χ2n) is 6.60. The minimum Gasteiger partial charge on any atom is -0.376 e. The third kappa shape index (κ3) is 2.88. The molecule has 2 saturated heterocycles. The first-order chi connectivity index (χ1) is 12.6. The predicted octanol–water partition coefficient (Wildman–Crippen LogP) is 3.19. The molecule has 0 N–H and O–H groups in total. The Balaban J connectivity index is 1.71.